The molecule has 1 amide bonds. The van der Waals surface area contributed by atoms with Gasteiger partial charge in [0.25, 0.3) is 5.56 Å². The Kier molecular flexibility index (Phi) is 6.72. The number of hydrogen-bond acceptors (Lipinski definition) is 5. The molecule has 0 radical (unpaired) electrons. The van der Waals surface area contributed by atoms with Crippen molar-refractivity contribution in [2.75, 3.05) is 19.6 Å². The van der Waals surface area contributed by atoms with Crippen molar-refractivity contribution in [3.05, 3.63) is 40.3 Å². The van der Waals surface area contributed by atoms with Gasteiger partial charge in [-0.25, -0.2) is 4.68 Å². The molecule has 1 aliphatic rings. The molecular formula is C24H32N4O2S. The topological polar surface area (TPSA) is 67.2 Å². The Morgan fingerprint density at radius 1 is 1.32 bits per heavy atom. The van der Waals surface area contributed by atoms with E-state index in [1.165, 1.54) is 30.4 Å². The monoisotopic (exact) mass is 440 g/mol. The van der Waals surface area contributed by atoms with Crippen molar-refractivity contribution >= 4 is 37.4 Å². The molecule has 1 aromatic carbocycles. The van der Waals surface area contributed by atoms with Crippen LogP contribution in [0.5, 0.6) is 0 Å². The van der Waals surface area contributed by atoms with Crippen molar-refractivity contribution in [1.29, 1.82) is 0 Å². The summed E-state index contributed by atoms with van der Waals surface area (Å²) < 4.78 is 3.32. The zero-order valence-electron chi connectivity index (χ0n) is 18.7. The van der Waals surface area contributed by atoms with E-state index in [1.807, 2.05) is 31.2 Å². The van der Waals surface area contributed by atoms with Crippen LogP contribution >= 0.6 is 11.3 Å². The molecule has 3 heterocycles. The fourth-order valence-electron chi connectivity index (χ4n) is 4.71. The molecule has 0 bridgehead atoms. The van der Waals surface area contributed by atoms with E-state index < -0.39 is 6.04 Å². The van der Waals surface area contributed by atoms with E-state index >= 15 is 0 Å². The molecule has 3 aromatic rings. The van der Waals surface area contributed by atoms with Gasteiger partial charge in [0.05, 0.1) is 15.8 Å². The quantitative estimate of drug-likeness (QED) is 0.558. The van der Waals surface area contributed by atoms with Crippen LogP contribution in [0.25, 0.3) is 20.2 Å². The zero-order chi connectivity index (χ0) is 22.0. The van der Waals surface area contributed by atoms with Crippen molar-refractivity contribution in [2.45, 2.75) is 65.0 Å². The minimum atomic E-state index is -0.646. The Hall–Kier alpha value is -2.25. The first kappa shape index (κ1) is 22.0. The summed E-state index contributed by atoms with van der Waals surface area (Å²) in [5, 5.41) is 9.11. The summed E-state index contributed by atoms with van der Waals surface area (Å²) >= 11 is 1.58. The molecule has 166 valence electrons. The molecule has 1 N–H and O–H groups in total. The van der Waals surface area contributed by atoms with Gasteiger partial charge in [-0.3, -0.25) is 9.59 Å². The van der Waals surface area contributed by atoms with Crippen molar-refractivity contribution in [3.63, 3.8) is 0 Å². The van der Waals surface area contributed by atoms with Crippen LogP contribution in [0.4, 0.5) is 0 Å². The maximum atomic E-state index is 13.2. The molecule has 1 aliphatic heterocycles. The average molecular weight is 441 g/mol. The van der Waals surface area contributed by atoms with Crippen LogP contribution in [0.2, 0.25) is 0 Å². The SMILES string of the molecule is CC[C@@H]1CCCCN1CCCNC(=O)[C@@H](C)n1nc(C)c2sc3ccccc3c2c1=O. The van der Waals surface area contributed by atoms with Gasteiger partial charge in [0.2, 0.25) is 5.91 Å². The number of nitrogens with zero attached hydrogens (tertiary/aromatic N) is 3. The van der Waals surface area contributed by atoms with Crippen LogP contribution in [-0.4, -0.2) is 46.3 Å². The van der Waals surface area contributed by atoms with Crippen LogP contribution < -0.4 is 10.9 Å². The lowest BCUT2D eigenvalue weighted by Gasteiger charge is -2.35. The van der Waals surface area contributed by atoms with Gasteiger partial charge in [-0.2, -0.15) is 5.10 Å². The van der Waals surface area contributed by atoms with Gasteiger partial charge in [0.15, 0.2) is 0 Å². The number of carbonyl (C=O) groups excluding carboxylic acids is 1. The van der Waals surface area contributed by atoms with Gasteiger partial charge in [0.1, 0.15) is 6.04 Å². The largest absolute Gasteiger partial charge is 0.354 e. The van der Waals surface area contributed by atoms with E-state index in [0.717, 1.165) is 40.0 Å². The maximum Gasteiger partial charge on any atom is 0.276 e. The first-order chi connectivity index (χ1) is 15.0. The molecule has 7 heteroatoms. The fourth-order valence-corrected chi connectivity index (χ4v) is 5.85. The maximum absolute atomic E-state index is 13.2. The lowest BCUT2D eigenvalue weighted by molar-refractivity contribution is -0.124. The number of carbonyl (C=O) groups is 1. The van der Waals surface area contributed by atoms with E-state index in [-0.39, 0.29) is 11.5 Å². The third-order valence-corrected chi connectivity index (χ3v) is 7.77. The number of aromatic nitrogens is 2. The highest BCUT2D eigenvalue weighted by molar-refractivity contribution is 7.26. The number of aryl methyl sites for hydroxylation is 1. The summed E-state index contributed by atoms with van der Waals surface area (Å²) in [6, 6.07) is 7.94. The molecule has 31 heavy (non-hydrogen) atoms. The first-order valence-corrected chi connectivity index (χ1v) is 12.2. The summed E-state index contributed by atoms with van der Waals surface area (Å²) in [4.78, 5) is 28.6. The van der Waals surface area contributed by atoms with E-state index in [9.17, 15) is 9.59 Å². The Morgan fingerprint density at radius 2 is 2.13 bits per heavy atom. The normalized spacial score (nSPS) is 18.5. The van der Waals surface area contributed by atoms with Crippen LogP contribution in [0.1, 0.15) is 57.7 Å². The highest BCUT2D eigenvalue weighted by atomic mass is 32.1. The Bertz CT molecular complexity index is 1140. The number of amides is 1. The number of likely N-dealkylation sites (tertiary alicyclic amines) is 1. The van der Waals surface area contributed by atoms with Crippen LogP contribution in [0.3, 0.4) is 0 Å². The van der Waals surface area contributed by atoms with Gasteiger partial charge in [0, 0.05) is 29.2 Å². The number of hydrogen-bond donors (Lipinski definition) is 1. The van der Waals surface area contributed by atoms with Gasteiger partial charge < -0.3 is 10.2 Å². The number of piperidine rings is 1. The lowest BCUT2D eigenvalue weighted by Crippen LogP contribution is -2.41. The fraction of sp³-hybridized carbons (Fsp3) is 0.542. The predicted octanol–water partition coefficient (Wildman–Crippen LogP) is 4.25. The number of benzene rings is 1. The molecule has 2 atom stereocenters. The van der Waals surface area contributed by atoms with E-state index in [2.05, 4.69) is 22.2 Å². The lowest BCUT2D eigenvalue weighted by atomic mass is 10.00. The second-order valence-corrected chi connectivity index (χ2v) is 9.60. The molecule has 4 rings (SSSR count). The smallest absolute Gasteiger partial charge is 0.276 e. The third-order valence-electron chi connectivity index (χ3n) is 6.49. The van der Waals surface area contributed by atoms with E-state index in [1.54, 1.807) is 18.3 Å². The van der Waals surface area contributed by atoms with Crippen LogP contribution in [0.15, 0.2) is 29.1 Å². The molecule has 0 spiro atoms. The van der Waals surface area contributed by atoms with Gasteiger partial charge >= 0.3 is 0 Å². The Labute approximate surface area is 187 Å². The van der Waals surface area contributed by atoms with Crippen molar-refractivity contribution in [3.8, 4) is 0 Å². The number of fused-ring (bicyclic) bond motifs is 3. The van der Waals surface area contributed by atoms with Gasteiger partial charge in [-0.1, -0.05) is 31.5 Å². The second kappa shape index (κ2) is 9.49. The number of rotatable bonds is 7. The molecule has 0 unspecified atom stereocenters. The summed E-state index contributed by atoms with van der Waals surface area (Å²) in [7, 11) is 0. The highest BCUT2D eigenvalue weighted by Crippen LogP contribution is 2.32. The molecule has 2 aromatic heterocycles. The second-order valence-electron chi connectivity index (χ2n) is 8.55. The molecule has 1 saturated heterocycles. The molecular weight excluding hydrogens is 408 g/mol. The average Bonchev–Trinajstić information content (AvgIpc) is 3.19. The minimum Gasteiger partial charge on any atom is -0.354 e. The standard InChI is InChI=1S/C24H32N4O2S/c1-4-18-10-7-8-14-27(18)15-9-13-25-23(29)17(3)28-24(30)21-19-11-5-6-12-20(19)31-22(21)16(2)26-28/h5-6,11-12,17-18H,4,7-10,13-15H2,1-3H3,(H,25,29)/t17-,18-/m1/s1. The number of nitrogens with one attached hydrogen (secondary N) is 1. The third kappa shape index (κ3) is 4.39. The Balaban J connectivity index is 1.44. The van der Waals surface area contributed by atoms with Crippen molar-refractivity contribution in [1.82, 2.24) is 20.0 Å². The summed E-state index contributed by atoms with van der Waals surface area (Å²) in [5.74, 6) is -0.154. The van der Waals surface area contributed by atoms with Crippen LogP contribution in [-0.2, 0) is 4.79 Å². The van der Waals surface area contributed by atoms with Gasteiger partial charge in [-0.05, 0) is 52.1 Å². The zero-order valence-corrected chi connectivity index (χ0v) is 19.5. The molecule has 0 saturated carbocycles. The van der Waals surface area contributed by atoms with Gasteiger partial charge in [-0.15, -0.1) is 11.3 Å². The Morgan fingerprint density at radius 3 is 2.94 bits per heavy atom. The van der Waals surface area contributed by atoms with E-state index in [4.69, 9.17) is 0 Å². The van der Waals surface area contributed by atoms with E-state index in [0.29, 0.717) is 18.0 Å². The first-order valence-electron chi connectivity index (χ1n) is 11.4. The highest BCUT2D eigenvalue weighted by Gasteiger charge is 2.23. The molecule has 1 fully saturated rings. The molecule has 6 nitrogen and oxygen atoms in total. The molecule has 0 aliphatic carbocycles. The minimum absolute atomic E-state index is 0.154. The van der Waals surface area contributed by atoms with Crippen molar-refractivity contribution in [2.24, 2.45) is 0 Å². The van der Waals surface area contributed by atoms with Crippen LogP contribution in [0, 0.1) is 6.92 Å². The summed E-state index contributed by atoms with van der Waals surface area (Å²) in [5.41, 5.74) is 0.589. The predicted molar refractivity (Wildman–Crippen MR) is 128 cm³/mol. The number of thiophene rings is 1. The summed E-state index contributed by atoms with van der Waals surface area (Å²) in [6.45, 7) is 8.70. The van der Waals surface area contributed by atoms with Crippen molar-refractivity contribution < 1.29 is 4.79 Å². The summed E-state index contributed by atoms with van der Waals surface area (Å²) in [6.07, 6.45) is 6.00.